The van der Waals surface area contributed by atoms with E-state index in [4.69, 9.17) is 4.42 Å². The summed E-state index contributed by atoms with van der Waals surface area (Å²) in [6.07, 6.45) is 40.3. The number of imidazole rings is 1. The zero-order valence-corrected chi connectivity index (χ0v) is 54.7. The molecule has 2 aromatic heterocycles. The highest BCUT2D eigenvalue weighted by Crippen LogP contribution is 2.59. The molecule has 0 N–H and O–H groups in total. The summed E-state index contributed by atoms with van der Waals surface area (Å²) in [7, 11) is 0. The first-order chi connectivity index (χ1) is 36.4. The highest BCUT2D eigenvalue weighted by atomic mass is 16.3. The SMILES string of the molecule is C.C.CC(C)(C)C1CC2(CCCCC2)C1.CC(C)(C)C1CCC2=NCC=C2C1.CC(C)(C)C1CCN2CCCC2C1.CC(C)(C)C1CCN2CCCC2C1.CC(C)(C)C1CCc2nccn2C1.CC(C)(C)C1CCc2occc2C1. The molecule has 0 bridgehead atoms. The van der Waals surface area contributed by atoms with E-state index in [2.05, 4.69) is 167 Å². The molecule has 460 valence electrons. The van der Waals surface area contributed by atoms with Crippen LogP contribution in [0.15, 0.2) is 45.8 Å². The fraction of sp³-hybridized carbons (Fsp3) is 0.865. The van der Waals surface area contributed by atoms with Crippen molar-refractivity contribution in [2.45, 2.75) is 306 Å². The summed E-state index contributed by atoms with van der Waals surface area (Å²) in [6.45, 7) is 50.3. The van der Waals surface area contributed by atoms with E-state index in [9.17, 15) is 0 Å². The van der Waals surface area contributed by atoms with E-state index < -0.39 is 0 Å². The molecule has 12 rings (SSSR count). The van der Waals surface area contributed by atoms with E-state index in [0.29, 0.717) is 32.5 Å². The van der Waals surface area contributed by atoms with Gasteiger partial charge in [-0.15, -0.1) is 0 Å². The standard InChI is InChI=1S/C13H24.C12H19N.2C12H23N.C12H18O.C11H18N2.2CH4/c1-12(2,3)11-9-13(10-11)7-5-4-6-8-13;1-12(2,3)10-4-5-11-9(8-10)6-7-13-11;2*1-12(2,3)10-6-8-13-7-4-5-11(13)9-10;1-12(2,3)10-4-5-11-9(8-10)6-7-13-11;1-11(2,3)9-4-5-10-12-6-7-13(10)8-9;;/h11H,4-10H2,1-3H3;6,10H,4-5,7-8H2,1-3H3;2*10-11H,4-9H2,1-3H3;6-7,10H,4-5,8H2,1-3H3;6-7,9H,4-5,8H2,1-3H3;2*1H4. The van der Waals surface area contributed by atoms with Crippen LogP contribution in [0.3, 0.4) is 0 Å². The van der Waals surface area contributed by atoms with Crippen LogP contribution in [0.2, 0.25) is 0 Å². The first kappa shape index (κ1) is 68.6. The van der Waals surface area contributed by atoms with Crippen molar-refractivity contribution in [3.8, 4) is 0 Å². The summed E-state index contributed by atoms with van der Waals surface area (Å²) < 4.78 is 7.72. The molecule has 7 fully saturated rings. The molecular weight excluding hydrogens is 975 g/mol. The Hall–Kier alpha value is -2.18. The summed E-state index contributed by atoms with van der Waals surface area (Å²) in [5.74, 6) is 7.91. The van der Waals surface area contributed by atoms with Gasteiger partial charge in [-0.1, -0.05) is 165 Å². The predicted molar refractivity (Wildman–Crippen MR) is 349 cm³/mol. The normalized spacial score (nSPS) is 28.4. The van der Waals surface area contributed by atoms with Crippen molar-refractivity contribution in [2.24, 2.45) is 78.4 Å². The van der Waals surface area contributed by atoms with Crippen molar-refractivity contribution >= 4 is 5.71 Å². The van der Waals surface area contributed by atoms with E-state index in [1.54, 1.807) is 18.4 Å². The van der Waals surface area contributed by atoms with E-state index in [-0.39, 0.29) is 14.9 Å². The fourth-order valence-corrected chi connectivity index (χ4v) is 15.9. The molecule has 3 saturated carbocycles. The van der Waals surface area contributed by atoms with Gasteiger partial charge >= 0.3 is 0 Å². The lowest BCUT2D eigenvalue weighted by molar-refractivity contribution is -0.0395. The van der Waals surface area contributed by atoms with Gasteiger partial charge in [0.25, 0.3) is 0 Å². The average molecular weight is 1110 g/mol. The Bertz CT molecular complexity index is 2080. The molecule has 4 aliphatic carbocycles. The minimum atomic E-state index is 0. The topological polar surface area (TPSA) is 49.8 Å². The van der Waals surface area contributed by atoms with Crippen molar-refractivity contribution in [1.29, 1.82) is 0 Å². The minimum absolute atomic E-state index is 0. The zero-order valence-electron chi connectivity index (χ0n) is 54.7. The summed E-state index contributed by atoms with van der Waals surface area (Å²) >= 11 is 0. The number of piperidine rings is 2. The molecule has 0 amide bonds. The second-order valence-electron chi connectivity index (χ2n) is 34.0. The lowest BCUT2D eigenvalue weighted by atomic mass is 9.50. The van der Waals surface area contributed by atoms with Gasteiger partial charge in [0.1, 0.15) is 11.6 Å². The molecule has 8 heterocycles. The molecule has 6 heteroatoms. The second-order valence-corrected chi connectivity index (χ2v) is 34.0. The molecule has 2 aromatic rings. The molecule has 7 atom stereocenters. The Balaban J connectivity index is 0.000000176. The molecule has 6 aliphatic heterocycles. The number of aromatic nitrogens is 2. The highest BCUT2D eigenvalue weighted by Gasteiger charge is 2.48. The maximum atomic E-state index is 5.42. The van der Waals surface area contributed by atoms with Crippen LogP contribution in [0.1, 0.15) is 285 Å². The first-order valence-electron chi connectivity index (χ1n) is 33.1. The van der Waals surface area contributed by atoms with Crippen LogP contribution in [-0.2, 0) is 25.8 Å². The van der Waals surface area contributed by atoms with E-state index in [0.717, 1.165) is 78.9 Å². The maximum Gasteiger partial charge on any atom is 0.108 e. The van der Waals surface area contributed by atoms with Gasteiger partial charge in [-0.3, -0.25) is 4.99 Å². The monoisotopic (exact) mass is 1110 g/mol. The van der Waals surface area contributed by atoms with Gasteiger partial charge in [0.15, 0.2) is 0 Å². The van der Waals surface area contributed by atoms with E-state index in [1.165, 1.54) is 171 Å². The molecule has 0 aromatic carbocycles. The number of aryl methyl sites for hydroxylation is 2. The number of hydrogen-bond donors (Lipinski definition) is 0. The quantitative estimate of drug-likeness (QED) is 0.264. The Morgan fingerprint density at radius 1 is 0.512 bits per heavy atom. The molecule has 10 aliphatic rings. The van der Waals surface area contributed by atoms with Crippen LogP contribution >= 0.6 is 0 Å². The van der Waals surface area contributed by atoms with Crippen LogP contribution < -0.4 is 0 Å². The summed E-state index contributed by atoms with van der Waals surface area (Å²) in [5.41, 5.74) is 8.20. The number of nitrogens with zero attached hydrogens (tertiary/aromatic N) is 5. The second kappa shape index (κ2) is 28.3. The largest absolute Gasteiger partial charge is 0.469 e. The molecule has 80 heavy (non-hydrogen) atoms. The Morgan fingerprint density at radius 3 is 1.54 bits per heavy atom. The molecule has 1 spiro atoms. The van der Waals surface area contributed by atoms with Crippen molar-refractivity contribution in [1.82, 2.24) is 19.4 Å². The van der Waals surface area contributed by atoms with Crippen LogP contribution in [0.4, 0.5) is 0 Å². The van der Waals surface area contributed by atoms with Gasteiger partial charge < -0.3 is 18.8 Å². The first-order valence-corrected chi connectivity index (χ1v) is 33.1. The van der Waals surface area contributed by atoms with E-state index >= 15 is 0 Å². The van der Waals surface area contributed by atoms with Gasteiger partial charge in [-0.2, -0.15) is 0 Å². The van der Waals surface area contributed by atoms with Crippen molar-refractivity contribution in [3.63, 3.8) is 0 Å². The van der Waals surface area contributed by atoms with Gasteiger partial charge in [0.05, 0.1) is 12.8 Å². The smallest absolute Gasteiger partial charge is 0.108 e. The number of furan rings is 1. The van der Waals surface area contributed by atoms with E-state index in [1.807, 2.05) is 12.5 Å². The zero-order chi connectivity index (χ0) is 56.9. The number of rotatable bonds is 0. The van der Waals surface area contributed by atoms with Crippen molar-refractivity contribution in [3.05, 3.63) is 53.5 Å². The summed E-state index contributed by atoms with van der Waals surface area (Å²) in [6, 6.07) is 4.02. The Morgan fingerprint density at radius 2 is 1.01 bits per heavy atom. The van der Waals surface area contributed by atoms with Crippen molar-refractivity contribution in [2.75, 3.05) is 32.7 Å². The van der Waals surface area contributed by atoms with Gasteiger partial charge in [0, 0.05) is 49.6 Å². The molecule has 0 radical (unpaired) electrons. The molecule has 7 unspecified atom stereocenters. The molecular formula is C74H133N5O. The Kier molecular flexibility index (Phi) is 24.3. The third-order valence-corrected chi connectivity index (χ3v) is 22.4. The van der Waals surface area contributed by atoms with Crippen LogP contribution in [0.5, 0.6) is 0 Å². The summed E-state index contributed by atoms with van der Waals surface area (Å²) in [5, 5.41) is 0. The van der Waals surface area contributed by atoms with Crippen LogP contribution in [0.25, 0.3) is 0 Å². The third-order valence-electron chi connectivity index (χ3n) is 22.4. The van der Waals surface area contributed by atoms with Gasteiger partial charge in [0.2, 0.25) is 0 Å². The predicted octanol–water partition coefficient (Wildman–Crippen LogP) is 20.6. The maximum absolute atomic E-state index is 5.42. The average Bonchev–Trinajstić information content (AvgIpc) is 4.22. The van der Waals surface area contributed by atoms with Crippen molar-refractivity contribution < 1.29 is 4.42 Å². The molecule has 4 saturated heterocycles. The number of fused-ring (bicyclic) bond motifs is 5. The van der Waals surface area contributed by atoms with Gasteiger partial charge in [-0.05, 0) is 232 Å². The van der Waals surface area contributed by atoms with Crippen LogP contribution in [-0.4, -0.2) is 69.9 Å². The number of allylic oxidation sites excluding steroid dienone is 1. The lowest BCUT2D eigenvalue weighted by Crippen LogP contribution is -2.44. The summed E-state index contributed by atoms with van der Waals surface area (Å²) in [4.78, 5) is 14.3. The van der Waals surface area contributed by atoms with Gasteiger partial charge in [-0.25, -0.2) is 4.98 Å². The fourth-order valence-electron chi connectivity index (χ4n) is 15.9. The lowest BCUT2D eigenvalue weighted by Gasteiger charge is -2.55. The number of hydrogen-bond acceptors (Lipinski definition) is 5. The highest BCUT2D eigenvalue weighted by molar-refractivity contribution is 6.02. The number of aliphatic imine (C=N–C) groups is 1. The minimum Gasteiger partial charge on any atom is -0.469 e. The Labute approximate surface area is 497 Å². The van der Waals surface area contributed by atoms with Crippen LogP contribution in [0, 0.1) is 73.4 Å². The third kappa shape index (κ3) is 19.2. The molecule has 6 nitrogen and oxygen atoms in total.